The summed E-state index contributed by atoms with van der Waals surface area (Å²) in [6, 6.07) is 16.7. The van der Waals surface area contributed by atoms with Gasteiger partial charge in [-0.1, -0.05) is 41.9 Å². The molecule has 1 amide bonds. The van der Waals surface area contributed by atoms with E-state index >= 15 is 0 Å². The van der Waals surface area contributed by atoms with E-state index in [1.165, 1.54) is 17.7 Å². The second-order valence-corrected chi connectivity index (χ2v) is 11.9. The molecule has 0 saturated carbocycles. The molecule has 11 heteroatoms. The van der Waals surface area contributed by atoms with Crippen LogP contribution in [0.4, 0.5) is 5.69 Å². The molecule has 2 heterocycles. The van der Waals surface area contributed by atoms with Gasteiger partial charge in [-0.15, -0.1) is 0 Å². The fourth-order valence-electron chi connectivity index (χ4n) is 4.84. The molecule has 2 aliphatic rings. The van der Waals surface area contributed by atoms with Crippen molar-refractivity contribution in [3.63, 3.8) is 0 Å². The molecular formula is C27H28ClN5O4S. The quantitative estimate of drug-likeness (QED) is 0.371. The Morgan fingerprint density at radius 2 is 1.74 bits per heavy atom. The van der Waals surface area contributed by atoms with Gasteiger partial charge in [-0.3, -0.25) is 9.69 Å². The number of nitrogens with two attached hydrogens (primary N) is 2. The number of aryl methyl sites for hydroxylation is 1. The van der Waals surface area contributed by atoms with E-state index in [9.17, 15) is 13.2 Å². The van der Waals surface area contributed by atoms with Crippen molar-refractivity contribution >= 4 is 39.0 Å². The second kappa shape index (κ2) is 10.3. The SMILES string of the molecule is Cc1cc(C(=O)N=C(N)N)cc2c1Oc1c(Cl)cc(N3CCN(Cc4ccccc4)CC3)cc1CS2(=O)=O. The van der Waals surface area contributed by atoms with Crippen LogP contribution in [0.2, 0.25) is 5.02 Å². The molecule has 198 valence electrons. The molecule has 1 fully saturated rings. The molecule has 38 heavy (non-hydrogen) atoms. The van der Waals surface area contributed by atoms with Gasteiger partial charge in [0.05, 0.1) is 10.8 Å². The number of carbonyl (C=O) groups is 1. The van der Waals surface area contributed by atoms with E-state index in [2.05, 4.69) is 26.9 Å². The summed E-state index contributed by atoms with van der Waals surface area (Å²) in [7, 11) is -3.88. The first-order valence-electron chi connectivity index (χ1n) is 12.1. The number of halogens is 1. The number of hydrogen-bond acceptors (Lipinski definition) is 6. The molecule has 0 aliphatic carbocycles. The van der Waals surface area contributed by atoms with Gasteiger partial charge in [0.1, 0.15) is 16.4 Å². The van der Waals surface area contributed by atoms with Gasteiger partial charge in [0.25, 0.3) is 5.91 Å². The van der Waals surface area contributed by atoms with Gasteiger partial charge >= 0.3 is 0 Å². The number of aliphatic imine (C=N–C) groups is 1. The smallest absolute Gasteiger partial charge is 0.280 e. The molecule has 1 saturated heterocycles. The summed E-state index contributed by atoms with van der Waals surface area (Å²) in [6.45, 7) is 5.85. The number of nitrogens with zero attached hydrogens (tertiary/aromatic N) is 3. The maximum atomic E-state index is 13.5. The lowest BCUT2D eigenvalue weighted by Gasteiger charge is -2.36. The van der Waals surface area contributed by atoms with Gasteiger partial charge in [0.15, 0.2) is 15.8 Å². The van der Waals surface area contributed by atoms with E-state index in [0.717, 1.165) is 38.4 Å². The van der Waals surface area contributed by atoms with Crippen LogP contribution in [-0.4, -0.2) is 51.4 Å². The maximum Gasteiger partial charge on any atom is 0.280 e. The molecule has 2 aliphatic heterocycles. The number of piperazine rings is 1. The lowest BCUT2D eigenvalue weighted by atomic mass is 10.1. The highest BCUT2D eigenvalue weighted by atomic mass is 35.5. The molecule has 3 aromatic rings. The Balaban J connectivity index is 1.41. The number of ether oxygens (including phenoxy) is 1. The highest BCUT2D eigenvalue weighted by molar-refractivity contribution is 7.90. The molecule has 9 nitrogen and oxygen atoms in total. The normalized spacial score (nSPS) is 16.5. The van der Waals surface area contributed by atoms with Crippen LogP contribution >= 0.6 is 11.6 Å². The summed E-state index contributed by atoms with van der Waals surface area (Å²) in [5.41, 5.74) is 13.7. The van der Waals surface area contributed by atoms with Crippen LogP contribution in [0.15, 0.2) is 64.5 Å². The van der Waals surface area contributed by atoms with E-state index < -0.39 is 21.7 Å². The second-order valence-electron chi connectivity index (χ2n) is 9.49. The van der Waals surface area contributed by atoms with Gasteiger partial charge in [-0.05, 0) is 42.3 Å². The minimum Gasteiger partial charge on any atom is -0.454 e. The van der Waals surface area contributed by atoms with Crippen LogP contribution in [0.1, 0.15) is 27.0 Å². The zero-order valence-corrected chi connectivity index (χ0v) is 22.4. The Morgan fingerprint density at radius 1 is 1.03 bits per heavy atom. The van der Waals surface area contributed by atoms with Crippen LogP contribution in [0.5, 0.6) is 11.5 Å². The topological polar surface area (TPSA) is 131 Å². The summed E-state index contributed by atoms with van der Waals surface area (Å²) >= 11 is 6.67. The summed E-state index contributed by atoms with van der Waals surface area (Å²) in [6.07, 6.45) is 0. The first kappa shape index (κ1) is 26.0. The first-order valence-corrected chi connectivity index (χ1v) is 14.2. The van der Waals surface area contributed by atoms with Crippen LogP contribution in [0.25, 0.3) is 0 Å². The van der Waals surface area contributed by atoms with E-state index in [4.69, 9.17) is 27.8 Å². The highest BCUT2D eigenvalue weighted by Crippen LogP contribution is 2.45. The predicted octanol–water partition coefficient (Wildman–Crippen LogP) is 3.46. The Bertz CT molecular complexity index is 1530. The highest BCUT2D eigenvalue weighted by Gasteiger charge is 2.32. The van der Waals surface area contributed by atoms with Gasteiger partial charge in [0, 0.05) is 49.5 Å². The Labute approximate surface area is 226 Å². The average molecular weight is 554 g/mol. The van der Waals surface area contributed by atoms with Crippen molar-refractivity contribution in [3.8, 4) is 11.5 Å². The van der Waals surface area contributed by atoms with Gasteiger partial charge in [0.2, 0.25) is 0 Å². The number of carbonyl (C=O) groups excluding carboxylic acids is 1. The molecular weight excluding hydrogens is 526 g/mol. The third-order valence-corrected chi connectivity index (χ3v) is 8.64. The number of benzene rings is 3. The number of sulfone groups is 1. The van der Waals surface area contributed by atoms with E-state index in [1.807, 2.05) is 30.3 Å². The fraction of sp³-hybridized carbons (Fsp3) is 0.259. The largest absolute Gasteiger partial charge is 0.454 e. The Kier molecular flexibility index (Phi) is 7.04. The lowest BCUT2D eigenvalue weighted by molar-refractivity contribution is 0.100. The molecule has 3 aromatic carbocycles. The molecule has 5 rings (SSSR count). The number of rotatable bonds is 4. The zero-order chi connectivity index (χ0) is 27.0. The summed E-state index contributed by atoms with van der Waals surface area (Å²) < 4.78 is 33.1. The number of guanidine groups is 1. The number of amides is 1. The average Bonchev–Trinajstić information content (AvgIpc) is 2.98. The first-order chi connectivity index (χ1) is 18.1. The van der Waals surface area contributed by atoms with Crippen molar-refractivity contribution < 1.29 is 17.9 Å². The molecule has 0 atom stereocenters. The molecule has 0 spiro atoms. The van der Waals surface area contributed by atoms with Crippen molar-refractivity contribution in [1.29, 1.82) is 0 Å². The van der Waals surface area contributed by atoms with Gasteiger partial charge in [-0.2, -0.15) is 4.99 Å². The van der Waals surface area contributed by atoms with Crippen LogP contribution in [0.3, 0.4) is 0 Å². The number of fused-ring (bicyclic) bond motifs is 2. The molecule has 0 aromatic heterocycles. The summed E-state index contributed by atoms with van der Waals surface area (Å²) in [4.78, 5) is 20.4. The third-order valence-electron chi connectivity index (χ3n) is 6.69. The van der Waals surface area contributed by atoms with Gasteiger partial charge < -0.3 is 21.1 Å². The summed E-state index contributed by atoms with van der Waals surface area (Å²) in [5.74, 6) is -1.04. The van der Waals surface area contributed by atoms with E-state index in [0.29, 0.717) is 21.9 Å². The fourth-order valence-corrected chi connectivity index (χ4v) is 6.68. The van der Waals surface area contributed by atoms with Crippen molar-refractivity contribution in [3.05, 3.63) is 81.9 Å². The number of hydrogen-bond donors (Lipinski definition) is 2. The molecule has 0 bridgehead atoms. The van der Waals surface area contributed by atoms with Crippen molar-refractivity contribution in [2.24, 2.45) is 16.5 Å². The Morgan fingerprint density at radius 3 is 2.42 bits per heavy atom. The van der Waals surface area contributed by atoms with Gasteiger partial charge in [-0.25, -0.2) is 8.42 Å². The van der Waals surface area contributed by atoms with Crippen molar-refractivity contribution in [1.82, 2.24) is 4.90 Å². The summed E-state index contributed by atoms with van der Waals surface area (Å²) in [5, 5.41) is 0.326. The lowest BCUT2D eigenvalue weighted by Crippen LogP contribution is -2.46. The maximum absolute atomic E-state index is 13.5. The van der Waals surface area contributed by atoms with E-state index in [1.54, 1.807) is 6.92 Å². The molecule has 0 radical (unpaired) electrons. The minimum atomic E-state index is -3.88. The van der Waals surface area contributed by atoms with Crippen molar-refractivity contribution in [2.45, 2.75) is 24.1 Å². The standard InChI is InChI=1S/C27H28ClN5O4S/c1-17-11-19(26(34)31-27(29)30)13-23-24(17)37-25-20(16-38(23,35)36)12-21(14-22(25)28)33-9-7-32(8-10-33)15-18-5-3-2-4-6-18/h2-6,11-14H,7-10,15-16H2,1H3,(H4,29,30,31,34). The predicted molar refractivity (Wildman–Crippen MR) is 148 cm³/mol. The van der Waals surface area contributed by atoms with E-state index in [-0.39, 0.29) is 22.0 Å². The van der Waals surface area contributed by atoms with Crippen molar-refractivity contribution in [2.75, 3.05) is 31.1 Å². The zero-order valence-electron chi connectivity index (χ0n) is 20.9. The molecule has 4 N–H and O–H groups in total. The third kappa shape index (κ3) is 5.33. The Hall–Kier alpha value is -3.60. The monoisotopic (exact) mass is 553 g/mol. The van der Waals surface area contributed by atoms with Crippen LogP contribution < -0.4 is 21.1 Å². The minimum absolute atomic E-state index is 0.0490. The number of anilines is 1. The molecule has 0 unspecified atom stereocenters. The van der Waals surface area contributed by atoms with Crippen LogP contribution in [0, 0.1) is 6.92 Å². The van der Waals surface area contributed by atoms with Crippen LogP contribution in [-0.2, 0) is 22.1 Å².